The summed E-state index contributed by atoms with van der Waals surface area (Å²) >= 11 is 5.82. The van der Waals surface area contributed by atoms with E-state index in [0.29, 0.717) is 31.1 Å². The number of amides is 1. The monoisotopic (exact) mass is 388 g/mol. The maximum Gasteiger partial charge on any atom is 0.237 e. The molecular weight excluding hydrogens is 364 g/mol. The molecule has 0 aromatic heterocycles. The van der Waals surface area contributed by atoms with Crippen molar-refractivity contribution in [2.24, 2.45) is 0 Å². The van der Waals surface area contributed by atoms with Crippen LogP contribution in [0.4, 0.5) is 0 Å². The van der Waals surface area contributed by atoms with Crippen molar-refractivity contribution in [2.45, 2.75) is 19.4 Å². The van der Waals surface area contributed by atoms with Gasteiger partial charge in [-0.15, -0.1) is 0 Å². The van der Waals surface area contributed by atoms with Crippen LogP contribution in [0.25, 0.3) is 0 Å². The van der Waals surface area contributed by atoms with Gasteiger partial charge in [-0.05, 0) is 44.7 Å². The molecule has 1 fully saturated rings. The fraction of sp³-hybridized carbons (Fsp3) is 0.588. The molecular formula is C17H25ClN2O4S. The van der Waals surface area contributed by atoms with Gasteiger partial charge in [0.15, 0.2) is 9.84 Å². The second-order valence-electron chi connectivity index (χ2n) is 6.28. The Balaban J connectivity index is 1.77. The van der Waals surface area contributed by atoms with Crippen LogP contribution in [-0.2, 0) is 14.6 Å². The molecule has 1 aromatic rings. The highest BCUT2D eigenvalue weighted by Crippen LogP contribution is 2.18. The van der Waals surface area contributed by atoms with Gasteiger partial charge in [0.25, 0.3) is 0 Å². The molecule has 2 rings (SSSR count). The Morgan fingerprint density at radius 3 is 2.56 bits per heavy atom. The molecule has 25 heavy (non-hydrogen) atoms. The second kappa shape index (κ2) is 8.87. The van der Waals surface area contributed by atoms with E-state index in [-0.39, 0.29) is 30.0 Å². The summed E-state index contributed by atoms with van der Waals surface area (Å²) in [6, 6.07) is 6.93. The third-order valence-corrected chi connectivity index (χ3v) is 6.27. The van der Waals surface area contributed by atoms with Gasteiger partial charge in [0.05, 0.1) is 18.1 Å². The van der Waals surface area contributed by atoms with Gasteiger partial charge in [0.1, 0.15) is 12.4 Å². The van der Waals surface area contributed by atoms with Crippen molar-refractivity contribution < 1.29 is 17.9 Å². The summed E-state index contributed by atoms with van der Waals surface area (Å²) in [5.74, 6) is 0.941. The number of halogens is 1. The van der Waals surface area contributed by atoms with Gasteiger partial charge in [-0.2, -0.15) is 0 Å². The lowest BCUT2D eigenvalue weighted by molar-refractivity contribution is -0.133. The lowest BCUT2D eigenvalue weighted by atomic mass is 10.2. The Morgan fingerprint density at radius 1 is 1.32 bits per heavy atom. The molecule has 0 spiro atoms. The predicted octanol–water partition coefficient (Wildman–Crippen LogP) is 1.69. The number of benzene rings is 1. The van der Waals surface area contributed by atoms with E-state index < -0.39 is 9.84 Å². The van der Waals surface area contributed by atoms with Crippen molar-refractivity contribution in [3.8, 4) is 5.75 Å². The normalized spacial score (nSPS) is 19.1. The maximum atomic E-state index is 12.5. The lowest BCUT2D eigenvalue weighted by Gasteiger charge is -2.29. The van der Waals surface area contributed by atoms with Crippen LogP contribution in [0.15, 0.2) is 24.3 Å². The smallest absolute Gasteiger partial charge is 0.237 e. The summed E-state index contributed by atoms with van der Waals surface area (Å²) in [6.45, 7) is 3.69. The van der Waals surface area contributed by atoms with Crippen molar-refractivity contribution in [1.82, 2.24) is 9.80 Å². The predicted molar refractivity (Wildman–Crippen MR) is 98.9 cm³/mol. The highest BCUT2D eigenvalue weighted by molar-refractivity contribution is 7.91. The van der Waals surface area contributed by atoms with Crippen molar-refractivity contribution in [2.75, 3.05) is 44.8 Å². The minimum Gasteiger partial charge on any atom is -0.492 e. The third-order valence-electron chi connectivity index (χ3n) is 4.27. The maximum absolute atomic E-state index is 12.5. The van der Waals surface area contributed by atoms with Crippen LogP contribution in [0.2, 0.25) is 5.02 Å². The summed E-state index contributed by atoms with van der Waals surface area (Å²) in [5.41, 5.74) is 0. The molecule has 8 heteroatoms. The standard InChI is InChI=1S/C17H25ClN2O4S/c1-3-20(15-8-11-25(22,23)13-15)17(21)12-19(2)9-10-24-16-6-4-14(18)5-7-16/h4-7,15H,3,8-13H2,1-2H3. The first kappa shape index (κ1) is 20.0. The van der Waals surface area contributed by atoms with Crippen LogP contribution in [0.1, 0.15) is 13.3 Å². The Labute approximate surface area is 154 Å². The van der Waals surface area contributed by atoms with Crippen LogP contribution in [-0.4, -0.2) is 75.0 Å². The average Bonchev–Trinajstić information content (AvgIpc) is 2.89. The van der Waals surface area contributed by atoms with E-state index in [1.54, 1.807) is 29.2 Å². The minimum absolute atomic E-state index is 0.0430. The summed E-state index contributed by atoms with van der Waals surface area (Å²) in [5, 5.41) is 0.656. The van der Waals surface area contributed by atoms with E-state index in [9.17, 15) is 13.2 Å². The number of sulfone groups is 1. The molecule has 1 heterocycles. The van der Waals surface area contributed by atoms with E-state index >= 15 is 0 Å². The molecule has 1 amide bonds. The zero-order valence-corrected chi connectivity index (χ0v) is 16.2. The Kier molecular flexibility index (Phi) is 7.10. The summed E-state index contributed by atoms with van der Waals surface area (Å²) in [6.07, 6.45) is 0.533. The van der Waals surface area contributed by atoms with Crippen molar-refractivity contribution in [1.29, 1.82) is 0 Å². The van der Waals surface area contributed by atoms with Gasteiger partial charge in [0, 0.05) is 24.2 Å². The van der Waals surface area contributed by atoms with Crippen molar-refractivity contribution in [3.63, 3.8) is 0 Å². The molecule has 1 aliphatic heterocycles. The van der Waals surface area contributed by atoms with Crippen molar-refractivity contribution in [3.05, 3.63) is 29.3 Å². The lowest BCUT2D eigenvalue weighted by Crippen LogP contribution is -2.46. The molecule has 0 saturated carbocycles. The first-order valence-electron chi connectivity index (χ1n) is 8.37. The number of hydrogen-bond donors (Lipinski definition) is 0. The number of carbonyl (C=O) groups excluding carboxylic acids is 1. The number of nitrogens with zero attached hydrogens (tertiary/aromatic N) is 2. The molecule has 0 radical (unpaired) electrons. The molecule has 0 aliphatic carbocycles. The molecule has 6 nitrogen and oxygen atoms in total. The van der Waals surface area contributed by atoms with Crippen LogP contribution in [0, 0.1) is 0 Å². The topological polar surface area (TPSA) is 66.9 Å². The number of carbonyl (C=O) groups is 1. The quantitative estimate of drug-likeness (QED) is 0.678. The first-order chi connectivity index (χ1) is 11.8. The molecule has 0 N–H and O–H groups in total. The SMILES string of the molecule is CCN(C(=O)CN(C)CCOc1ccc(Cl)cc1)C1CCS(=O)(=O)C1. The summed E-state index contributed by atoms with van der Waals surface area (Å²) in [7, 11) is -1.15. The van der Waals surface area contributed by atoms with Crippen LogP contribution in [0.5, 0.6) is 5.75 Å². The average molecular weight is 389 g/mol. The Hall–Kier alpha value is -1.31. The molecule has 140 valence electrons. The zero-order chi connectivity index (χ0) is 18.4. The number of likely N-dealkylation sites (N-methyl/N-ethyl adjacent to an activating group) is 2. The number of rotatable bonds is 8. The molecule has 1 aliphatic rings. The highest BCUT2D eigenvalue weighted by Gasteiger charge is 2.33. The van der Waals surface area contributed by atoms with Crippen LogP contribution >= 0.6 is 11.6 Å². The van der Waals surface area contributed by atoms with E-state index in [0.717, 1.165) is 5.75 Å². The van der Waals surface area contributed by atoms with E-state index in [2.05, 4.69) is 0 Å². The zero-order valence-electron chi connectivity index (χ0n) is 14.7. The van der Waals surface area contributed by atoms with Crippen LogP contribution in [0.3, 0.4) is 0 Å². The van der Waals surface area contributed by atoms with Gasteiger partial charge in [-0.3, -0.25) is 9.69 Å². The van der Waals surface area contributed by atoms with E-state index in [1.807, 2.05) is 18.9 Å². The van der Waals surface area contributed by atoms with Gasteiger partial charge < -0.3 is 9.64 Å². The summed E-state index contributed by atoms with van der Waals surface area (Å²) in [4.78, 5) is 16.0. The van der Waals surface area contributed by atoms with Gasteiger partial charge >= 0.3 is 0 Å². The summed E-state index contributed by atoms with van der Waals surface area (Å²) < 4.78 is 28.9. The molecule has 1 saturated heterocycles. The first-order valence-corrected chi connectivity index (χ1v) is 10.6. The van der Waals surface area contributed by atoms with Crippen LogP contribution < -0.4 is 4.74 Å². The number of hydrogen-bond acceptors (Lipinski definition) is 5. The second-order valence-corrected chi connectivity index (χ2v) is 8.94. The van der Waals surface area contributed by atoms with Gasteiger partial charge in [-0.1, -0.05) is 11.6 Å². The third kappa shape index (κ3) is 6.17. The molecule has 1 atom stereocenters. The molecule has 1 unspecified atom stereocenters. The fourth-order valence-corrected chi connectivity index (χ4v) is 4.77. The largest absolute Gasteiger partial charge is 0.492 e. The van der Waals surface area contributed by atoms with Crippen molar-refractivity contribution >= 4 is 27.3 Å². The molecule has 0 bridgehead atoms. The Bertz CT molecular complexity index is 678. The highest BCUT2D eigenvalue weighted by atomic mass is 35.5. The molecule has 1 aromatic carbocycles. The minimum atomic E-state index is -3.00. The number of ether oxygens (including phenoxy) is 1. The Morgan fingerprint density at radius 2 is 2.00 bits per heavy atom. The fourth-order valence-electron chi connectivity index (χ4n) is 2.91. The van der Waals surface area contributed by atoms with Gasteiger partial charge in [-0.25, -0.2) is 8.42 Å². The van der Waals surface area contributed by atoms with Gasteiger partial charge in [0.2, 0.25) is 5.91 Å². The van der Waals surface area contributed by atoms with E-state index in [4.69, 9.17) is 16.3 Å². The van der Waals surface area contributed by atoms with E-state index in [1.165, 1.54) is 0 Å².